The molecule has 3 nitrogen and oxygen atoms in total. The van der Waals surface area contributed by atoms with Crippen LogP contribution in [0.1, 0.15) is 6.92 Å². The molecule has 0 amide bonds. The summed E-state index contributed by atoms with van der Waals surface area (Å²) in [7, 11) is 5.25. The predicted octanol–water partition coefficient (Wildman–Crippen LogP) is 1.73. The van der Waals surface area contributed by atoms with E-state index in [1.807, 2.05) is 21.6 Å². The van der Waals surface area contributed by atoms with E-state index in [1.165, 1.54) is 0 Å². The number of rotatable bonds is 5. The number of methoxy groups -OCH3 is 1. The van der Waals surface area contributed by atoms with E-state index in [4.69, 9.17) is 14.2 Å². The van der Waals surface area contributed by atoms with Crippen LogP contribution in [-0.4, -0.2) is 37.8 Å². The molecule has 0 radical (unpaired) electrons. The number of hydrogen-bond acceptors (Lipinski definition) is 5. The van der Waals surface area contributed by atoms with Crippen LogP contribution in [-0.2, 0) is 14.2 Å². The summed E-state index contributed by atoms with van der Waals surface area (Å²) in [5.74, 6) is 2.10. The summed E-state index contributed by atoms with van der Waals surface area (Å²) < 4.78 is 15.4. The maximum atomic E-state index is 5.38. The average Bonchev–Trinajstić information content (AvgIpc) is 2.53. The predicted molar refractivity (Wildman–Crippen MR) is 52.2 cm³/mol. The second kappa shape index (κ2) is 6.10. The SMILES string of the molecule is CCSSCC1COC(OC)O1. The minimum Gasteiger partial charge on any atom is -0.333 e. The van der Waals surface area contributed by atoms with Gasteiger partial charge in [-0.2, -0.15) is 0 Å². The highest BCUT2D eigenvalue weighted by Gasteiger charge is 2.25. The zero-order valence-electron chi connectivity index (χ0n) is 7.32. The molecule has 1 aliphatic rings. The van der Waals surface area contributed by atoms with Crippen molar-refractivity contribution in [3.63, 3.8) is 0 Å². The van der Waals surface area contributed by atoms with Crippen LogP contribution < -0.4 is 0 Å². The molecule has 1 rings (SSSR count). The van der Waals surface area contributed by atoms with Gasteiger partial charge in [0.25, 0.3) is 6.48 Å². The van der Waals surface area contributed by atoms with Gasteiger partial charge in [0.2, 0.25) is 0 Å². The van der Waals surface area contributed by atoms with Crippen molar-refractivity contribution in [1.82, 2.24) is 0 Å². The van der Waals surface area contributed by atoms with Gasteiger partial charge in [-0.25, -0.2) is 0 Å². The van der Waals surface area contributed by atoms with Gasteiger partial charge < -0.3 is 14.2 Å². The summed E-state index contributed by atoms with van der Waals surface area (Å²) >= 11 is 0. The molecular weight excluding hydrogens is 196 g/mol. The average molecular weight is 210 g/mol. The number of ether oxygens (including phenoxy) is 3. The first-order valence-corrected chi connectivity index (χ1v) is 6.40. The second-order valence-electron chi connectivity index (χ2n) is 2.31. The minimum absolute atomic E-state index is 0.194. The van der Waals surface area contributed by atoms with E-state index < -0.39 is 6.48 Å². The quantitative estimate of drug-likeness (QED) is 0.509. The molecule has 0 aromatic carbocycles. The molecule has 5 heteroatoms. The topological polar surface area (TPSA) is 27.7 Å². The maximum Gasteiger partial charge on any atom is 0.271 e. The Morgan fingerprint density at radius 3 is 2.92 bits per heavy atom. The molecule has 1 fully saturated rings. The molecule has 72 valence electrons. The van der Waals surface area contributed by atoms with Crippen molar-refractivity contribution in [2.24, 2.45) is 0 Å². The van der Waals surface area contributed by atoms with Crippen LogP contribution in [0.25, 0.3) is 0 Å². The lowest BCUT2D eigenvalue weighted by Crippen LogP contribution is -2.15. The van der Waals surface area contributed by atoms with Gasteiger partial charge in [-0.1, -0.05) is 28.5 Å². The zero-order valence-corrected chi connectivity index (χ0v) is 8.95. The number of hydrogen-bond donors (Lipinski definition) is 0. The van der Waals surface area contributed by atoms with Crippen molar-refractivity contribution >= 4 is 21.6 Å². The fourth-order valence-corrected chi connectivity index (χ4v) is 2.67. The van der Waals surface area contributed by atoms with Gasteiger partial charge >= 0.3 is 0 Å². The van der Waals surface area contributed by atoms with Crippen LogP contribution in [0.15, 0.2) is 0 Å². The highest BCUT2D eigenvalue weighted by atomic mass is 33.1. The third-order valence-corrected chi connectivity index (χ3v) is 3.89. The third kappa shape index (κ3) is 3.53. The third-order valence-electron chi connectivity index (χ3n) is 1.37. The summed E-state index contributed by atoms with van der Waals surface area (Å²) in [5.41, 5.74) is 0. The lowest BCUT2D eigenvalue weighted by molar-refractivity contribution is -0.221. The molecule has 1 saturated heterocycles. The van der Waals surface area contributed by atoms with Crippen molar-refractivity contribution in [2.75, 3.05) is 25.2 Å². The van der Waals surface area contributed by atoms with Gasteiger partial charge in [0.1, 0.15) is 0 Å². The summed E-state index contributed by atoms with van der Waals surface area (Å²) in [6.07, 6.45) is 0.194. The fourth-order valence-electron chi connectivity index (χ4n) is 0.840. The van der Waals surface area contributed by atoms with Gasteiger partial charge in [0.05, 0.1) is 12.7 Å². The lowest BCUT2D eigenvalue weighted by Gasteiger charge is -2.08. The summed E-state index contributed by atoms with van der Waals surface area (Å²) in [6, 6.07) is 0. The van der Waals surface area contributed by atoms with Crippen LogP contribution in [0, 0.1) is 0 Å². The van der Waals surface area contributed by atoms with Crippen LogP contribution in [0.3, 0.4) is 0 Å². The Kier molecular flexibility index (Phi) is 5.42. The van der Waals surface area contributed by atoms with Gasteiger partial charge in [-0.3, -0.25) is 0 Å². The van der Waals surface area contributed by atoms with E-state index in [9.17, 15) is 0 Å². The van der Waals surface area contributed by atoms with E-state index in [-0.39, 0.29) is 6.10 Å². The van der Waals surface area contributed by atoms with E-state index in [1.54, 1.807) is 7.11 Å². The van der Waals surface area contributed by atoms with Gasteiger partial charge in [0.15, 0.2) is 0 Å². The monoisotopic (exact) mass is 210 g/mol. The maximum absolute atomic E-state index is 5.38. The molecule has 2 atom stereocenters. The molecule has 0 N–H and O–H groups in total. The van der Waals surface area contributed by atoms with Crippen LogP contribution in [0.4, 0.5) is 0 Å². The van der Waals surface area contributed by atoms with E-state index in [2.05, 4.69) is 6.92 Å². The summed E-state index contributed by atoms with van der Waals surface area (Å²) in [5, 5.41) is 0. The molecule has 12 heavy (non-hydrogen) atoms. The molecular formula is C7H14O3S2. The molecule has 0 bridgehead atoms. The van der Waals surface area contributed by atoms with Gasteiger partial charge in [0, 0.05) is 18.6 Å². The highest BCUT2D eigenvalue weighted by Crippen LogP contribution is 2.24. The molecule has 0 spiro atoms. The van der Waals surface area contributed by atoms with Crippen molar-refractivity contribution in [3.8, 4) is 0 Å². The van der Waals surface area contributed by atoms with Crippen LogP contribution >= 0.6 is 21.6 Å². The zero-order chi connectivity index (χ0) is 8.81. The Morgan fingerprint density at radius 2 is 2.33 bits per heavy atom. The van der Waals surface area contributed by atoms with Crippen molar-refractivity contribution in [3.05, 3.63) is 0 Å². The van der Waals surface area contributed by atoms with Crippen LogP contribution in [0.5, 0.6) is 0 Å². The van der Waals surface area contributed by atoms with Crippen LogP contribution in [0.2, 0.25) is 0 Å². The molecule has 0 aliphatic carbocycles. The first kappa shape index (κ1) is 10.7. The summed E-state index contributed by atoms with van der Waals surface area (Å²) in [4.78, 5) is 0. The Morgan fingerprint density at radius 1 is 1.50 bits per heavy atom. The van der Waals surface area contributed by atoms with Gasteiger partial charge in [-0.15, -0.1) is 0 Å². The Bertz CT molecular complexity index is 123. The Balaban J connectivity index is 2.03. The second-order valence-corrected chi connectivity index (χ2v) is 5.10. The van der Waals surface area contributed by atoms with Crippen molar-refractivity contribution in [2.45, 2.75) is 19.5 Å². The van der Waals surface area contributed by atoms with E-state index >= 15 is 0 Å². The minimum atomic E-state index is -0.442. The smallest absolute Gasteiger partial charge is 0.271 e. The molecule has 1 heterocycles. The fraction of sp³-hybridized carbons (Fsp3) is 1.00. The van der Waals surface area contributed by atoms with Gasteiger partial charge in [-0.05, 0) is 0 Å². The molecule has 2 unspecified atom stereocenters. The molecule has 1 aliphatic heterocycles. The standard InChI is InChI=1S/C7H14O3S2/c1-3-11-12-5-6-4-9-7(8-2)10-6/h6-7H,3-5H2,1-2H3. The first-order chi connectivity index (χ1) is 5.86. The van der Waals surface area contributed by atoms with E-state index in [0.717, 1.165) is 11.5 Å². The molecule has 0 aromatic heterocycles. The Labute approximate surface area is 80.9 Å². The normalized spacial score (nSPS) is 29.5. The summed E-state index contributed by atoms with van der Waals surface area (Å²) in [6.45, 7) is 2.35. The van der Waals surface area contributed by atoms with Crippen molar-refractivity contribution < 1.29 is 14.2 Å². The first-order valence-electron chi connectivity index (χ1n) is 3.91. The molecule has 0 aromatic rings. The Hall–Kier alpha value is 0.580. The molecule has 0 saturated carbocycles. The van der Waals surface area contributed by atoms with Crippen molar-refractivity contribution in [1.29, 1.82) is 0 Å². The largest absolute Gasteiger partial charge is 0.333 e. The van der Waals surface area contributed by atoms with E-state index in [0.29, 0.717) is 6.61 Å². The lowest BCUT2D eigenvalue weighted by atomic mass is 10.4. The highest BCUT2D eigenvalue weighted by molar-refractivity contribution is 8.76.